The molecule has 3 aromatic rings. The molecule has 35 heavy (non-hydrogen) atoms. The molecule has 5 rings (SSSR count). The number of nitrogens with one attached hydrogen (secondary N) is 3. The first-order chi connectivity index (χ1) is 16.6. The number of fused-ring (bicyclic) bond motifs is 5. The molecule has 2 aliphatic rings. The summed E-state index contributed by atoms with van der Waals surface area (Å²) in [5.74, 6) is -1.09. The van der Waals surface area contributed by atoms with Crippen molar-refractivity contribution >= 4 is 40.3 Å². The summed E-state index contributed by atoms with van der Waals surface area (Å²) >= 11 is 0. The molecule has 0 radical (unpaired) electrons. The van der Waals surface area contributed by atoms with Crippen LogP contribution in [-0.2, 0) is 0 Å². The van der Waals surface area contributed by atoms with Crippen molar-refractivity contribution in [1.82, 2.24) is 30.5 Å². The fourth-order valence-electron chi connectivity index (χ4n) is 4.30. The minimum atomic E-state index is -4.61. The number of urea groups is 1. The Balaban J connectivity index is 1.47. The van der Waals surface area contributed by atoms with Crippen molar-refractivity contribution in [3.05, 3.63) is 29.8 Å². The van der Waals surface area contributed by atoms with Gasteiger partial charge in [0.1, 0.15) is 6.04 Å². The van der Waals surface area contributed by atoms with Crippen LogP contribution in [0, 0.1) is 6.92 Å². The first kappa shape index (κ1) is 22.8. The van der Waals surface area contributed by atoms with Crippen molar-refractivity contribution in [1.29, 1.82) is 0 Å². The number of hydrogen-bond acceptors (Lipinski definition) is 7. The first-order valence-electron chi connectivity index (χ1n) is 11.0. The molecule has 2 bridgehead atoms. The maximum atomic E-state index is 13.4. The number of hydrogen-bond donors (Lipinski definition) is 3. The monoisotopic (exact) mass is 489 g/mol. The van der Waals surface area contributed by atoms with Crippen LogP contribution in [0.25, 0.3) is 11.0 Å². The van der Waals surface area contributed by atoms with Gasteiger partial charge in [0.2, 0.25) is 5.82 Å². The molecule has 184 valence electrons. The van der Waals surface area contributed by atoms with E-state index < -0.39 is 30.0 Å². The Bertz CT molecular complexity index is 1310. The highest BCUT2D eigenvalue weighted by Crippen LogP contribution is 2.38. The molecular formula is C21H22F3N9O2. The van der Waals surface area contributed by atoms with Gasteiger partial charge in [0.15, 0.2) is 17.3 Å². The van der Waals surface area contributed by atoms with Gasteiger partial charge in [0.25, 0.3) is 5.91 Å². The lowest BCUT2D eigenvalue weighted by molar-refractivity contribution is -0.149. The van der Waals surface area contributed by atoms with Crippen molar-refractivity contribution < 1.29 is 22.8 Å². The van der Waals surface area contributed by atoms with E-state index in [-0.39, 0.29) is 17.7 Å². The van der Waals surface area contributed by atoms with Crippen molar-refractivity contribution in [2.24, 2.45) is 0 Å². The second-order valence-corrected chi connectivity index (χ2v) is 8.60. The van der Waals surface area contributed by atoms with Crippen LogP contribution in [0.2, 0.25) is 0 Å². The number of H-pyrrole nitrogens is 1. The van der Waals surface area contributed by atoms with E-state index in [4.69, 9.17) is 0 Å². The fourth-order valence-corrected chi connectivity index (χ4v) is 4.30. The average Bonchev–Trinajstić information content (AvgIpc) is 3.19. The lowest BCUT2D eigenvalue weighted by Crippen LogP contribution is -2.56. The summed E-state index contributed by atoms with van der Waals surface area (Å²) in [5, 5.41) is 12.2. The van der Waals surface area contributed by atoms with Gasteiger partial charge in [-0.1, -0.05) is 0 Å². The predicted molar refractivity (Wildman–Crippen MR) is 120 cm³/mol. The molecule has 2 atom stereocenters. The quantitative estimate of drug-likeness (QED) is 0.515. The predicted octanol–water partition coefficient (Wildman–Crippen LogP) is 2.76. The number of alkyl halides is 3. The molecule has 0 saturated carbocycles. The number of aryl methyl sites for hydroxylation is 1. The second-order valence-electron chi connectivity index (χ2n) is 8.60. The number of piperidine rings is 1. The Morgan fingerprint density at radius 2 is 2.06 bits per heavy atom. The molecule has 5 heterocycles. The number of nitrogens with zero attached hydrogens (tertiary/aromatic N) is 6. The largest absolute Gasteiger partial charge is 0.408 e. The Kier molecular flexibility index (Phi) is 5.44. The van der Waals surface area contributed by atoms with Gasteiger partial charge in [0, 0.05) is 18.8 Å². The molecule has 0 aromatic carbocycles. The van der Waals surface area contributed by atoms with E-state index in [9.17, 15) is 22.8 Å². The van der Waals surface area contributed by atoms with Gasteiger partial charge in [-0.05, 0) is 38.8 Å². The van der Waals surface area contributed by atoms with Gasteiger partial charge in [-0.15, -0.1) is 0 Å². The summed E-state index contributed by atoms with van der Waals surface area (Å²) in [6.45, 7) is 3.92. The zero-order chi connectivity index (χ0) is 24.9. The first-order valence-corrected chi connectivity index (χ1v) is 11.0. The summed E-state index contributed by atoms with van der Waals surface area (Å²) < 4.78 is 38.7. The molecule has 0 spiro atoms. The summed E-state index contributed by atoms with van der Waals surface area (Å²) in [6, 6.07) is 0.725. The minimum Gasteiger partial charge on any atom is -0.365 e. The van der Waals surface area contributed by atoms with Crippen LogP contribution in [0.3, 0.4) is 0 Å². The van der Waals surface area contributed by atoms with Gasteiger partial charge < -0.3 is 10.2 Å². The highest BCUT2D eigenvalue weighted by molar-refractivity contribution is 6.07. The van der Waals surface area contributed by atoms with Crippen LogP contribution in [0.15, 0.2) is 18.3 Å². The van der Waals surface area contributed by atoms with E-state index >= 15 is 0 Å². The zero-order valence-corrected chi connectivity index (χ0v) is 18.8. The number of aromatic nitrogens is 5. The third-order valence-corrected chi connectivity index (χ3v) is 6.13. The maximum absolute atomic E-state index is 13.4. The highest BCUT2D eigenvalue weighted by Gasteiger charge is 2.40. The number of halogens is 3. The van der Waals surface area contributed by atoms with E-state index in [0.29, 0.717) is 36.2 Å². The van der Waals surface area contributed by atoms with Gasteiger partial charge in [-0.3, -0.25) is 20.1 Å². The number of pyridine rings is 1. The zero-order valence-electron chi connectivity index (χ0n) is 18.8. The third kappa shape index (κ3) is 4.19. The van der Waals surface area contributed by atoms with E-state index in [1.807, 2.05) is 17.1 Å². The Morgan fingerprint density at radius 1 is 1.26 bits per heavy atom. The standard InChI is InChI=1S/C21H22F3N9O2/c1-10-5-6-13-15(26-10)30-31-16(13)29-20(35)33-12-4-3-7-32(9-12)14-8-25-17(28-18(14)33)19(34)27-11(2)21(22,23)24/h5-6,8,11-12H,3-4,7,9H2,1-2H3,(H,27,34)(H2,26,29,30,31,35)/t11?,12-/m0/s1. The smallest absolute Gasteiger partial charge is 0.365 e. The van der Waals surface area contributed by atoms with Crippen LogP contribution < -0.4 is 20.4 Å². The summed E-state index contributed by atoms with van der Waals surface area (Å²) in [6.07, 6.45) is -1.72. The van der Waals surface area contributed by atoms with Crippen LogP contribution in [0.5, 0.6) is 0 Å². The number of aromatic amines is 1. The van der Waals surface area contributed by atoms with Crippen molar-refractivity contribution in [2.45, 2.75) is 44.9 Å². The maximum Gasteiger partial charge on any atom is 0.408 e. The van der Waals surface area contributed by atoms with Crippen LogP contribution in [0.4, 0.5) is 35.3 Å². The summed E-state index contributed by atoms with van der Waals surface area (Å²) in [5.41, 5.74) is 1.83. The van der Waals surface area contributed by atoms with Crippen molar-refractivity contribution in [2.75, 3.05) is 28.2 Å². The van der Waals surface area contributed by atoms with E-state index in [0.717, 1.165) is 19.0 Å². The molecule has 1 fully saturated rings. The Hall–Kier alpha value is -3.97. The number of rotatable bonds is 3. The lowest BCUT2D eigenvalue weighted by Gasteiger charge is -2.45. The molecule has 3 amide bonds. The number of carbonyl (C=O) groups excluding carboxylic acids is 2. The number of amides is 3. The van der Waals surface area contributed by atoms with Crippen molar-refractivity contribution in [3.63, 3.8) is 0 Å². The minimum absolute atomic E-state index is 0.159. The van der Waals surface area contributed by atoms with Gasteiger partial charge >= 0.3 is 12.2 Å². The number of anilines is 3. The van der Waals surface area contributed by atoms with E-state index in [1.165, 1.54) is 11.1 Å². The molecule has 14 heteroatoms. The van der Waals surface area contributed by atoms with Gasteiger partial charge in [0.05, 0.1) is 23.3 Å². The SMILES string of the molecule is Cc1ccc2c(NC(=O)N3c4nc(C(=O)NC(C)C(F)(F)F)ncc4N4CCC[C@H]3C4)n[nH]c2n1. The van der Waals surface area contributed by atoms with E-state index in [2.05, 4.69) is 30.5 Å². The number of carbonyl (C=O) groups is 2. The van der Waals surface area contributed by atoms with Crippen LogP contribution in [-0.4, -0.2) is 68.4 Å². The van der Waals surface area contributed by atoms with Gasteiger partial charge in [-0.25, -0.2) is 19.7 Å². The van der Waals surface area contributed by atoms with Gasteiger partial charge in [-0.2, -0.15) is 18.3 Å². The third-order valence-electron chi connectivity index (χ3n) is 6.13. The average molecular weight is 489 g/mol. The molecule has 2 aliphatic heterocycles. The molecule has 0 aliphatic carbocycles. The molecule has 3 aromatic heterocycles. The Morgan fingerprint density at radius 3 is 2.83 bits per heavy atom. The summed E-state index contributed by atoms with van der Waals surface area (Å²) in [7, 11) is 0. The molecule has 1 unspecified atom stereocenters. The fraction of sp³-hybridized carbons (Fsp3) is 0.429. The van der Waals surface area contributed by atoms with Crippen LogP contribution in [0.1, 0.15) is 36.1 Å². The normalized spacial score (nSPS) is 18.3. The lowest BCUT2D eigenvalue weighted by atomic mass is 10.0. The molecule has 11 nitrogen and oxygen atoms in total. The second kappa shape index (κ2) is 8.36. The molecule has 3 N–H and O–H groups in total. The molecule has 1 saturated heterocycles. The summed E-state index contributed by atoms with van der Waals surface area (Å²) in [4.78, 5) is 41.9. The van der Waals surface area contributed by atoms with Crippen molar-refractivity contribution in [3.8, 4) is 0 Å². The highest BCUT2D eigenvalue weighted by atomic mass is 19.4. The van der Waals surface area contributed by atoms with E-state index in [1.54, 1.807) is 12.1 Å². The van der Waals surface area contributed by atoms with Crippen LogP contribution >= 0.6 is 0 Å². The topological polar surface area (TPSA) is 132 Å². The molecular weight excluding hydrogens is 467 g/mol. The Labute approximate surface area is 197 Å².